The van der Waals surface area contributed by atoms with Crippen LogP contribution in [-0.4, -0.2) is 15.9 Å². The number of aliphatic hydroxyl groups excluding tert-OH is 1. The van der Waals surface area contributed by atoms with Crippen molar-refractivity contribution in [1.29, 1.82) is 0 Å². The molecule has 3 rings (SSSR count). The fraction of sp³-hybridized carbons (Fsp3) is 0.100. The van der Waals surface area contributed by atoms with Gasteiger partial charge in [0.1, 0.15) is 17.2 Å². The van der Waals surface area contributed by atoms with Crippen molar-refractivity contribution in [2.45, 2.75) is 5.66 Å². The minimum atomic E-state index is -1.48. The second kappa shape index (κ2) is 6.25. The first kappa shape index (κ1) is 15.9. The van der Waals surface area contributed by atoms with Crippen molar-refractivity contribution in [3.05, 3.63) is 83.6 Å². The van der Waals surface area contributed by atoms with Gasteiger partial charge in [-0.15, -0.1) is 0 Å². The molecule has 0 aromatic heterocycles. The highest BCUT2D eigenvalue weighted by atomic mass is 16.3. The van der Waals surface area contributed by atoms with Crippen molar-refractivity contribution in [2.24, 2.45) is 17.4 Å². The first-order valence-electron chi connectivity index (χ1n) is 7.53. The molecule has 0 bridgehead atoms. The Morgan fingerprint density at radius 3 is 2.21 bits per heavy atom. The predicted octanol–water partition coefficient (Wildman–Crippen LogP) is 2.51. The molecule has 0 amide bonds. The number of hydrogen-bond donors (Lipinski definition) is 4. The Hall–Kier alpha value is -3.00. The molecule has 0 aliphatic heterocycles. The maximum absolute atomic E-state index is 10.1. The maximum Gasteiger partial charge on any atom is 0.141 e. The van der Waals surface area contributed by atoms with E-state index in [-0.39, 0.29) is 11.5 Å². The third kappa shape index (κ3) is 3.04. The number of phenolic OH excluding ortho intramolecular Hbond substituents is 1. The van der Waals surface area contributed by atoms with Crippen LogP contribution in [0.4, 0.5) is 0 Å². The molecule has 2 aromatic carbocycles. The summed E-state index contributed by atoms with van der Waals surface area (Å²) in [7, 11) is 0. The summed E-state index contributed by atoms with van der Waals surface area (Å²) >= 11 is 0. The molecular formula is C20H18N2O2. The molecule has 2 aromatic rings. The van der Waals surface area contributed by atoms with Gasteiger partial charge in [0.05, 0.1) is 5.92 Å². The molecule has 0 heterocycles. The number of aliphatic hydroxyl groups is 1. The molecule has 1 aliphatic carbocycles. The van der Waals surface area contributed by atoms with E-state index in [2.05, 4.69) is 11.8 Å². The van der Waals surface area contributed by atoms with Gasteiger partial charge in [-0.3, -0.25) is 0 Å². The molecule has 1 aliphatic rings. The largest absolute Gasteiger partial charge is 0.509 e. The van der Waals surface area contributed by atoms with E-state index in [0.29, 0.717) is 0 Å². The predicted molar refractivity (Wildman–Crippen MR) is 94.7 cm³/mol. The quantitative estimate of drug-likeness (QED) is 0.480. The third-order valence-electron chi connectivity index (χ3n) is 3.99. The molecule has 4 nitrogen and oxygen atoms in total. The summed E-state index contributed by atoms with van der Waals surface area (Å²) in [6.45, 7) is 0. The Bertz CT molecular complexity index is 854. The molecular weight excluding hydrogens is 300 g/mol. The number of nitrogens with two attached hydrogens (primary N) is 2. The van der Waals surface area contributed by atoms with Gasteiger partial charge in [-0.05, 0) is 41.5 Å². The number of aromatic hydroxyl groups is 1. The monoisotopic (exact) mass is 318 g/mol. The van der Waals surface area contributed by atoms with E-state index in [1.807, 2.05) is 30.3 Å². The summed E-state index contributed by atoms with van der Waals surface area (Å²) in [6, 6.07) is 16.2. The highest BCUT2D eigenvalue weighted by Gasteiger charge is 2.39. The molecule has 4 heteroatoms. The van der Waals surface area contributed by atoms with E-state index in [4.69, 9.17) is 11.5 Å². The molecule has 1 unspecified atom stereocenters. The molecule has 24 heavy (non-hydrogen) atoms. The van der Waals surface area contributed by atoms with Gasteiger partial charge in [-0.1, -0.05) is 48.2 Å². The average Bonchev–Trinajstić information content (AvgIpc) is 2.58. The summed E-state index contributed by atoms with van der Waals surface area (Å²) in [6.07, 6.45) is 3.24. The molecule has 0 radical (unpaired) electrons. The van der Waals surface area contributed by atoms with E-state index in [1.54, 1.807) is 30.3 Å². The molecule has 1 atom stereocenters. The average molecular weight is 318 g/mol. The van der Waals surface area contributed by atoms with Gasteiger partial charge in [0, 0.05) is 5.56 Å². The van der Waals surface area contributed by atoms with E-state index < -0.39 is 11.6 Å². The summed E-state index contributed by atoms with van der Waals surface area (Å²) in [4.78, 5) is 0. The highest BCUT2D eigenvalue weighted by molar-refractivity contribution is 5.75. The van der Waals surface area contributed by atoms with Crippen molar-refractivity contribution in [3.63, 3.8) is 0 Å². The number of allylic oxidation sites excluding steroid dienone is 2. The summed E-state index contributed by atoms with van der Waals surface area (Å²) in [5.74, 6) is 5.62. The van der Waals surface area contributed by atoms with E-state index in [0.717, 1.165) is 16.7 Å². The number of phenols is 1. The topological polar surface area (TPSA) is 92.5 Å². The minimum absolute atomic E-state index is 0.114. The summed E-state index contributed by atoms with van der Waals surface area (Å²) in [5, 5.41) is 19.5. The Morgan fingerprint density at radius 2 is 1.54 bits per heavy atom. The second-order valence-electron chi connectivity index (χ2n) is 5.72. The molecule has 6 N–H and O–H groups in total. The lowest BCUT2D eigenvalue weighted by atomic mass is 9.79. The first-order chi connectivity index (χ1) is 11.5. The molecule has 0 spiro atoms. The lowest BCUT2D eigenvalue weighted by Gasteiger charge is -2.34. The smallest absolute Gasteiger partial charge is 0.141 e. The highest BCUT2D eigenvalue weighted by Crippen LogP contribution is 2.35. The van der Waals surface area contributed by atoms with Gasteiger partial charge >= 0.3 is 0 Å². The van der Waals surface area contributed by atoms with E-state index in [1.165, 1.54) is 6.08 Å². The lowest BCUT2D eigenvalue weighted by molar-refractivity contribution is 0.276. The number of hydrogen-bond acceptors (Lipinski definition) is 4. The van der Waals surface area contributed by atoms with Crippen molar-refractivity contribution < 1.29 is 10.2 Å². The Labute approximate surface area is 140 Å². The van der Waals surface area contributed by atoms with Crippen LogP contribution in [0.3, 0.4) is 0 Å². The van der Waals surface area contributed by atoms with Crippen LogP contribution in [0.25, 0.3) is 5.57 Å². The zero-order valence-corrected chi connectivity index (χ0v) is 13.0. The second-order valence-corrected chi connectivity index (χ2v) is 5.72. The van der Waals surface area contributed by atoms with Gasteiger partial charge in [-0.25, -0.2) is 0 Å². The van der Waals surface area contributed by atoms with E-state index >= 15 is 0 Å². The summed E-state index contributed by atoms with van der Waals surface area (Å²) < 4.78 is 0. The minimum Gasteiger partial charge on any atom is -0.509 e. The van der Waals surface area contributed by atoms with Gasteiger partial charge in [-0.2, -0.15) is 0 Å². The van der Waals surface area contributed by atoms with Crippen molar-refractivity contribution >= 4 is 5.57 Å². The molecule has 120 valence electrons. The normalized spacial score (nSPS) is 18.8. The molecule has 0 saturated carbocycles. The van der Waals surface area contributed by atoms with Crippen LogP contribution in [0, 0.1) is 17.8 Å². The van der Waals surface area contributed by atoms with Crippen LogP contribution in [0.15, 0.2) is 72.5 Å². The van der Waals surface area contributed by atoms with Crippen LogP contribution in [-0.2, 0) is 0 Å². The number of rotatable bonds is 1. The van der Waals surface area contributed by atoms with Crippen molar-refractivity contribution in [3.8, 4) is 17.6 Å². The van der Waals surface area contributed by atoms with Gasteiger partial charge in [0.25, 0.3) is 0 Å². The van der Waals surface area contributed by atoms with Crippen LogP contribution in [0.1, 0.15) is 11.1 Å². The first-order valence-corrected chi connectivity index (χ1v) is 7.53. The maximum atomic E-state index is 10.1. The van der Waals surface area contributed by atoms with Crippen LogP contribution >= 0.6 is 0 Å². The fourth-order valence-electron chi connectivity index (χ4n) is 2.61. The van der Waals surface area contributed by atoms with Gasteiger partial charge < -0.3 is 21.7 Å². The van der Waals surface area contributed by atoms with Crippen LogP contribution in [0.2, 0.25) is 0 Å². The van der Waals surface area contributed by atoms with E-state index in [9.17, 15) is 10.2 Å². The molecule has 0 saturated heterocycles. The standard InChI is InChI=1S/C20H18N2O2/c21-20(22)18(12-6-14-4-2-1-3-5-14)17(11-13-19(20)24)15-7-9-16(23)10-8-15/h1-5,7-11,13,18,23-24H,21-22H2. The van der Waals surface area contributed by atoms with Crippen LogP contribution in [0.5, 0.6) is 5.75 Å². The SMILES string of the molecule is NC1(N)C(O)=CC=C(c2ccc(O)cc2)C1C#Cc1ccccc1. The zero-order chi connectivity index (χ0) is 17.2. The third-order valence-corrected chi connectivity index (χ3v) is 3.99. The lowest BCUT2D eigenvalue weighted by Crippen LogP contribution is -2.58. The Morgan fingerprint density at radius 1 is 0.875 bits per heavy atom. The van der Waals surface area contributed by atoms with Crippen LogP contribution < -0.4 is 11.5 Å². The number of benzene rings is 2. The van der Waals surface area contributed by atoms with Gasteiger partial charge in [0.2, 0.25) is 0 Å². The van der Waals surface area contributed by atoms with Crippen molar-refractivity contribution in [1.82, 2.24) is 0 Å². The summed E-state index contributed by atoms with van der Waals surface area (Å²) in [5.41, 5.74) is 13.3. The fourth-order valence-corrected chi connectivity index (χ4v) is 2.61. The molecule has 0 fully saturated rings. The van der Waals surface area contributed by atoms with Crippen molar-refractivity contribution in [2.75, 3.05) is 0 Å². The Kier molecular flexibility index (Phi) is 4.13. The Balaban J connectivity index is 2.05. The van der Waals surface area contributed by atoms with Gasteiger partial charge in [0.15, 0.2) is 0 Å². The zero-order valence-electron chi connectivity index (χ0n) is 13.0.